The first-order valence-electron chi connectivity index (χ1n) is 7.27. The molecule has 1 saturated carbocycles. The van der Waals surface area contributed by atoms with Gasteiger partial charge < -0.3 is 4.74 Å². The molecule has 5 nitrogen and oxygen atoms in total. The van der Waals surface area contributed by atoms with Crippen molar-refractivity contribution in [3.8, 4) is 0 Å². The van der Waals surface area contributed by atoms with Crippen molar-refractivity contribution in [2.75, 3.05) is 6.61 Å². The summed E-state index contributed by atoms with van der Waals surface area (Å²) in [5, 5.41) is 0. The molecule has 0 unspecified atom stereocenters. The maximum absolute atomic E-state index is 7.50. The average molecular weight is 391 g/mol. The smallest absolute Gasteiger partial charge is 0 e. The quantitative estimate of drug-likeness (QED) is 0.433. The zero-order valence-corrected chi connectivity index (χ0v) is 15.6. The third-order valence-electron chi connectivity index (χ3n) is 3.38. The summed E-state index contributed by atoms with van der Waals surface area (Å²) in [6.07, 6.45) is 10.6. The predicted molar refractivity (Wildman–Crippen MR) is 89.0 cm³/mol. The van der Waals surface area contributed by atoms with Gasteiger partial charge in [0.1, 0.15) is 6.61 Å². The first-order chi connectivity index (χ1) is 12.2. The van der Waals surface area contributed by atoms with Crippen LogP contribution in [-0.4, -0.2) is 18.0 Å². The largest absolute Gasteiger partial charge is 0 e. The minimum atomic E-state index is -0.117. The molecule has 6 radical (unpaired) electrons. The fourth-order valence-electron chi connectivity index (χ4n) is 2.41. The summed E-state index contributed by atoms with van der Waals surface area (Å²) in [4.78, 5) is 4.68. The summed E-state index contributed by atoms with van der Waals surface area (Å²) in [6, 6.07) is 8.35. The normalized spacial score (nSPS) is 17.0. The van der Waals surface area contributed by atoms with Crippen molar-refractivity contribution in [2.45, 2.75) is 25.3 Å². The molecule has 1 aliphatic heterocycles. The van der Waals surface area contributed by atoms with Gasteiger partial charge in [-0.25, -0.2) is 4.99 Å². The molecule has 1 aromatic carbocycles. The zero-order valence-electron chi connectivity index (χ0n) is 14.4. The summed E-state index contributed by atoms with van der Waals surface area (Å²) in [6.45, 7) is 18.3. The van der Waals surface area contributed by atoms with E-state index in [4.69, 9.17) is 18.7 Å². The van der Waals surface area contributed by atoms with Gasteiger partial charge in [-0.05, 0) is 63.5 Å². The second-order valence-electron chi connectivity index (χ2n) is 5.59. The molecule has 0 spiro atoms. The van der Waals surface area contributed by atoms with E-state index in [9.17, 15) is 0 Å². The number of hydrogen-bond acceptors (Lipinski definition) is 2. The van der Waals surface area contributed by atoms with Crippen LogP contribution in [-0.2, 0) is 35.8 Å². The van der Waals surface area contributed by atoms with Gasteiger partial charge in [0.25, 0.3) is 0 Å². The molecule has 0 aromatic heterocycles. The molecule has 26 heavy (non-hydrogen) atoms. The minimum absolute atomic E-state index is 0. The summed E-state index contributed by atoms with van der Waals surface area (Å²) < 4.78 is 28.3. The fraction of sp³-hybridized carbons (Fsp3) is 0.250. The van der Waals surface area contributed by atoms with Crippen molar-refractivity contribution in [3.05, 3.63) is 87.4 Å². The first kappa shape index (κ1) is 26.7. The summed E-state index contributed by atoms with van der Waals surface area (Å²) in [5.74, 6) is 1.08. The van der Waals surface area contributed by atoms with E-state index in [0.29, 0.717) is 12.5 Å². The van der Waals surface area contributed by atoms with Gasteiger partial charge in [0.15, 0.2) is 0 Å². The van der Waals surface area contributed by atoms with Crippen molar-refractivity contribution >= 4 is 5.90 Å². The van der Waals surface area contributed by atoms with Gasteiger partial charge >= 0.3 is 33.9 Å². The number of ether oxygens (including phenoxy) is 1. The maximum Gasteiger partial charge on any atom is 0 e. The van der Waals surface area contributed by atoms with Gasteiger partial charge in [-0.1, -0.05) is 18.2 Å². The third kappa shape index (κ3) is 7.76. The Morgan fingerprint density at radius 1 is 0.962 bits per heavy atom. The van der Waals surface area contributed by atoms with Gasteiger partial charge in [0.2, 0.25) is 5.90 Å². The van der Waals surface area contributed by atoms with Crippen molar-refractivity contribution in [1.29, 1.82) is 0 Å². The van der Waals surface area contributed by atoms with E-state index in [2.05, 4.69) is 82.7 Å². The second-order valence-corrected chi connectivity index (χ2v) is 5.59. The van der Waals surface area contributed by atoms with E-state index in [1.807, 2.05) is 12.5 Å². The number of hydrogen-bond donors (Lipinski definition) is 0. The van der Waals surface area contributed by atoms with E-state index in [1.165, 1.54) is 5.56 Å². The molecule has 134 valence electrons. The van der Waals surface area contributed by atoms with Crippen LogP contribution in [0.3, 0.4) is 0 Å². The summed E-state index contributed by atoms with van der Waals surface area (Å²) in [7, 11) is 0. The molecule has 1 fully saturated rings. The monoisotopic (exact) mass is 391 g/mol. The number of aliphatic imine (C=N–C) groups is 1. The molecule has 2 aliphatic rings. The van der Waals surface area contributed by atoms with Gasteiger partial charge in [0.05, 0.1) is 5.54 Å². The minimum Gasteiger partial charge on any atom is 0 e. The number of rotatable bonds is 2. The molecule has 1 aromatic rings. The molecule has 1 heterocycles. The van der Waals surface area contributed by atoms with Crippen LogP contribution < -0.4 is 0 Å². The molecular weight excluding hydrogens is 373 g/mol. The molecule has 3 rings (SSSR count). The van der Waals surface area contributed by atoms with Crippen LogP contribution in [0.15, 0.2) is 29.3 Å². The summed E-state index contributed by atoms with van der Waals surface area (Å²) >= 11 is 0. The molecule has 0 N–H and O–H groups in total. The Morgan fingerprint density at radius 3 is 2.00 bits per heavy atom. The van der Waals surface area contributed by atoms with Crippen LogP contribution in [0.4, 0.5) is 0 Å². The molecule has 1 aliphatic carbocycles. The summed E-state index contributed by atoms with van der Waals surface area (Å²) in [5.41, 5.74) is 2.24. The Hall–Kier alpha value is -1.57. The Morgan fingerprint density at radius 2 is 1.50 bits per heavy atom. The molecule has 0 amide bonds. The van der Waals surface area contributed by atoms with Gasteiger partial charge in [0, 0.05) is 22.6 Å². The molecule has 0 saturated heterocycles. The predicted octanol–water partition coefficient (Wildman–Crippen LogP) is 3.25. The Bertz CT molecular complexity index is 599. The molecular formula is C20H18MnNO4. The van der Waals surface area contributed by atoms with Crippen molar-refractivity contribution < 1.29 is 35.8 Å². The van der Waals surface area contributed by atoms with Crippen molar-refractivity contribution in [2.24, 2.45) is 4.99 Å². The Balaban J connectivity index is 0. The van der Waals surface area contributed by atoms with E-state index in [1.54, 1.807) is 0 Å². The van der Waals surface area contributed by atoms with E-state index >= 15 is 0 Å². The van der Waals surface area contributed by atoms with Crippen LogP contribution in [0.1, 0.15) is 30.9 Å². The van der Waals surface area contributed by atoms with Gasteiger partial charge in [-0.2, -0.15) is 0 Å². The topological polar surface area (TPSA) is 81.3 Å². The fourth-order valence-corrected chi connectivity index (χ4v) is 2.41. The standard InChI is InChI=1S/C17H18NO.3CO.Mn/c1-17(2)12-19-16(18-17)15-11-7-6-10-14(15)13-8-4-3-5-9-13;3*1-2;/h3-11,13H,12H2,1-2H3;;;;. The van der Waals surface area contributed by atoms with E-state index in [0.717, 1.165) is 11.5 Å². The average Bonchev–Trinajstić information content (AvgIpc) is 3.07. The Labute approximate surface area is 166 Å². The van der Waals surface area contributed by atoms with E-state index in [-0.39, 0.29) is 22.6 Å². The number of nitrogens with zero attached hydrogens (tertiary/aromatic N) is 1. The van der Waals surface area contributed by atoms with E-state index < -0.39 is 0 Å². The molecule has 0 atom stereocenters. The third-order valence-corrected chi connectivity index (χ3v) is 3.38. The number of benzene rings is 1. The van der Waals surface area contributed by atoms with Crippen LogP contribution in [0.5, 0.6) is 0 Å². The SMILES string of the molecule is CC1(C)COC(c2ccccc2C2[CH][CH][CH][CH][CH]2)=N1.[C-]#[O+].[C-]#[O+].[C-]#[O+].[Mn]. The zero-order chi connectivity index (χ0) is 19.3. The van der Waals surface area contributed by atoms with Crippen LogP contribution >= 0.6 is 0 Å². The first-order valence-corrected chi connectivity index (χ1v) is 7.27. The maximum atomic E-state index is 7.50. The van der Waals surface area contributed by atoms with Crippen molar-refractivity contribution in [3.63, 3.8) is 0 Å². The Kier molecular flexibility index (Phi) is 15.0. The van der Waals surface area contributed by atoms with Crippen molar-refractivity contribution in [1.82, 2.24) is 0 Å². The molecule has 0 bridgehead atoms. The second kappa shape index (κ2) is 14.6. The van der Waals surface area contributed by atoms with Crippen LogP contribution in [0.2, 0.25) is 0 Å². The van der Waals surface area contributed by atoms with Crippen LogP contribution in [0, 0.1) is 52.1 Å². The van der Waals surface area contributed by atoms with Gasteiger partial charge in [-0.15, -0.1) is 0 Å². The van der Waals surface area contributed by atoms with Crippen LogP contribution in [0.25, 0.3) is 0 Å². The molecule has 6 heteroatoms. The van der Waals surface area contributed by atoms with Gasteiger partial charge in [-0.3, -0.25) is 0 Å².